The van der Waals surface area contributed by atoms with Crippen molar-refractivity contribution >= 4 is 17.2 Å². The third-order valence-corrected chi connectivity index (χ3v) is 4.83. The van der Waals surface area contributed by atoms with E-state index in [1.54, 1.807) is 37.7 Å². The van der Waals surface area contributed by atoms with Gasteiger partial charge in [-0.3, -0.25) is 4.79 Å². The van der Waals surface area contributed by atoms with Gasteiger partial charge in [0.25, 0.3) is 5.91 Å². The zero-order valence-corrected chi connectivity index (χ0v) is 15.5. The number of nitrogens with one attached hydrogen (secondary N) is 1. The van der Waals surface area contributed by atoms with Gasteiger partial charge in [-0.1, -0.05) is 24.3 Å². The molecular weight excluding hydrogens is 348 g/mol. The molecule has 0 aliphatic rings. The third kappa shape index (κ3) is 4.21. The molecule has 0 unspecified atom stereocenters. The minimum atomic E-state index is -0.148. The van der Waals surface area contributed by atoms with Gasteiger partial charge < -0.3 is 14.8 Å². The number of carbonyl (C=O) groups excluding carboxylic acids is 1. The van der Waals surface area contributed by atoms with Crippen LogP contribution in [-0.2, 0) is 6.42 Å². The van der Waals surface area contributed by atoms with Crippen LogP contribution in [0.2, 0.25) is 0 Å². The molecule has 26 heavy (non-hydrogen) atoms. The average Bonchev–Trinajstić information content (AvgIpc) is 3.17. The van der Waals surface area contributed by atoms with Crippen LogP contribution in [-0.4, -0.2) is 31.7 Å². The topological polar surface area (TPSA) is 60.5 Å². The first-order valence-corrected chi connectivity index (χ1v) is 9.09. The lowest BCUT2D eigenvalue weighted by molar-refractivity contribution is 0.0951. The Morgan fingerprint density at radius 3 is 2.77 bits per heavy atom. The van der Waals surface area contributed by atoms with Crippen molar-refractivity contribution in [2.75, 3.05) is 20.8 Å². The number of hydrogen-bond donors (Lipinski definition) is 1. The lowest BCUT2D eigenvalue weighted by Gasteiger charge is -2.08. The maximum absolute atomic E-state index is 12.3. The summed E-state index contributed by atoms with van der Waals surface area (Å²) in [5.41, 5.74) is 2.51. The van der Waals surface area contributed by atoms with E-state index in [1.165, 1.54) is 0 Å². The number of hydrogen-bond acceptors (Lipinski definition) is 5. The number of aromatic nitrogens is 1. The number of thiazole rings is 1. The van der Waals surface area contributed by atoms with Gasteiger partial charge in [0.05, 0.1) is 25.5 Å². The van der Waals surface area contributed by atoms with Gasteiger partial charge in [-0.2, -0.15) is 0 Å². The number of methoxy groups -OCH3 is 2. The van der Waals surface area contributed by atoms with E-state index in [0.717, 1.165) is 22.0 Å². The average molecular weight is 368 g/mol. The first-order valence-electron chi connectivity index (χ1n) is 8.21. The summed E-state index contributed by atoms with van der Waals surface area (Å²) in [6.07, 6.45) is 0.668. The van der Waals surface area contributed by atoms with Crippen molar-refractivity contribution < 1.29 is 14.3 Å². The van der Waals surface area contributed by atoms with Crippen LogP contribution in [0, 0.1) is 0 Å². The fraction of sp³-hybridized carbons (Fsp3) is 0.200. The van der Waals surface area contributed by atoms with E-state index in [1.807, 2.05) is 41.8 Å². The van der Waals surface area contributed by atoms with E-state index < -0.39 is 0 Å². The van der Waals surface area contributed by atoms with E-state index in [0.29, 0.717) is 24.3 Å². The highest BCUT2D eigenvalue weighted by molar-refractivity contribution is 7.13. The Balaban J connectivity index is 1.59. The Morgan fingerprint density at radius 2 is 1.96 bits per heavy atom. The number of benzene rings is 2. The smallest absolute Gasteiger partial charge is 0.255 e. The van der Waals surface area contributed by atoms with Gasteiger partial charge in [0, 0.05) is 23.9 Å². The standard InChI is InChI=1S/C20H20N2O3S/c1-24-16-7-5-6-14(12-16)20-22-15(13-26-20)10-11-21-19(23)17-8-3-4-9-18(17)25-2/h3-9,12-13H,10-11H2,1-2H3,(H,21,23). The summed E-state index contributed by atoms with van der Waals surface area (Å²) in [4.78, 5) is 16.9. The SMILES string of the molecule is COc1cccc(-c2nc(CCNC(=O)c3ccccc3OC)cs2)c1. The lowest BCUT2D eigenvalue weighted by Crippen LogP contribution is -2.26. The molecule has 3 rings (SSSR count). The number of amides is 1. The predicted molar refractivity (Wildman–Crippen MR) is 103 cm³/mol. The molecule has 0 saturated carbocycles. The lowest BCUT2D eigenvalue weighted by atomic mass is 10.2. The van der Waals surface area contributed by atoms with Crippen LogP contribution in [0.3, 0.4) is 0 Å². The minimum absolute atomic E-state index is 0.148. The summed E-state index contributed by atoms with van der Waals surface area (Å²) in [5, 5.41) is 5.87. The number of para-hydroxylation sites is 1. The Hall–Kier alpha value is -2.86. The Bertz CT molecular complexity index is 892. The quantitative estimate of drug-likeness (QED) is 0.689. The minimum Gasteiger partial charge on any atom is -0.497 e. The molecular formula is C20H20N2O3S. The van der Waals surface area contributed by atoms with E-state index >= 15 is 0 Å². The van der Waals surface area contributed by atoms with Crippen LogP contribution in [0.4, 0.5) is 0 Å². The number of nitrogens with zero attached hydrogens (tertiary/aromatic N) is 1. The largest absolute Gasteiger partial charge is 0.497 e. The molecule has 3 aromatic rings. The first kappa shape index (κ1) is 17.9. The zero-order valence-electron chi connectivity index (χ0n) is 14.7. The van der Waals surface area contributed by atoms with Gasteiger partial charge in [0.15, 0.2) is 0 Å². The third-order valence-electron chi connectivity index (χ3n) is 3.89. The zero-order chi connectivity index (χ0) is 18.4. The Morgan fingerprint density at radius 1 is 1.12 bits per heavy atom. The fourth-order valence-corrected chi connectivity index (χ4v) is 3.39. The van der Waals surface area contributed by atoms with E-state index in [2.05, 4.69) is 10.3 Å². The maximum Gasteiger partial charge on any atom is 0.255 e. The van der Waals surface area contributed by atoms with Gasteiger partial charge >= 0.3 is 0 Å². The molecule has 2 aromatic carbocycles. The van der Waals surface area contributed by atoms with Crippen LogP contribution < -0.4 is 14.8 Å². The molecule has 0 saturated heterocycles. The van der Waals surface area contributed by atoms with Crippen molar-refractivity contribution in [3.05, 3.63) is 65.2 Å². The molecule has 0 spiro atoms. The van der Waals surface area contributed by atoms with Crippen LogP contribution in [0.15, 0.2) is 53.9 Å². The van der Waals surface area contributed by atoms with E-state index in [9.17, 15) is 4.79 Å². The molecule has 0 bridgehead atoms. The summed E-state index contributed by atoms with van der Waals surface area (Å²) < 4.78 is 10.5. The summed E-state index contributed by atoms with van der Waals surface area (Å²) in [5.74, 6) is 1.23. The van der Waals surface area contributed by atoms with Crippen LogP contribution in [0.25, 0.3) is 10.6 Å². The van der Waals surface area contributed by atoms with Crippen LogP contribution in [0.1, 0.15) is 16.1 Å². The van der Waals surface area contributed by atoms with Crippen molar-refractivity contribution in [2.45, 2.75) is 6.42 Å². The molecule has 6 heteroatoms. The van der Waals surface area contributed by atoms with Gasteiger partial charge in [0.2, 0.25) is 0 Å². The summed E-state index contributed by atoms with van der Waals surface area (Å²) in [6, 6.07) is 15.0. The van der Waals surface area contributed by atoms with Gasteiger partial charge in [-0.15, -0.1) is 11.3 Å². The highest BCUT2D eigenvalue weighted by Gasteiger charge is 2.11. The van der Waals surface area contributed by atoms with Gasteiger partial charge in [0.1, 0.15) is 16.5 Å². The Kier molecular flexibility index (Phi) is 5.86. The van der Waals surface area contributed by atoms with Crippen molar-refractivity contribution in [3.63, 3.8) is 0 Å². The number of rotatable bonds is 7. The van der Waals surface area contributed by atoms with Crippen molar-refractivity contribution in [1.82, 2.24) is 10.3 Å². The number of carbonyl (C=O) groups is 1. The molecule has 0 atom stereocenters. The van der Waals surface area contributed by atoms with E-state index in [4.69, 9.17) is 9.47 Å². The first-order chi connectivity index (χ1) is 12.7. The van der Waals surface area contributed by atoms with Crippen molar-refractivity contribution in [3.8, 4) is 22.1 Å². The highest BCUT2D eigenvalue weighted by Crippen LogP contribution is 2.27. The Labute approximate surface area is 156 Å². The molecule has 0 aliphatic carbocycles. The summed E-state index contributed by atoms with van der Waals surface area (Å²) in [6.45, 7) is 0.512. The molecule has 0 aliphatic heterocycles. The second-order valence-corrected chi connectivity index (χ2v) is 6.44. The van der Waals surface area contributed by atoms with Gasteiger partial charge in [-0.05, 0) is 24.3 Å². The number of ether oxygens (including phenoxy) is 2. The molecule has 1 aromatic heterocycles. The second-order valence-electron chi connectivity index (χ2n) is 5.58. The normalized spacial score (nSPS) is 10.4. The predicted octanol–water partition coefficient (Wildman–Crippen LogP) is 3.80. The van der Waals surface area contributed by atoms with E-state index in [-0.39, 0.29) is 5.91 Å². The maximum atomic E-state index is 12.3. The van der Waals surface area contributed by atoms with Gasteiger partial charge in [-0.25, -0.2) is 4.98 Å². The molecule has 1 heterocycles. The molecule has 0 radical (unpaired) electrons. The molecule has 0 fully saturated rings. The molecule has 134 valence electrons. The van der Waals surface area contributed by atoms with Crippen molar-refractivity contribution in [2.24, 2.45) is 0 Å². The summed E-state index contributed by atoms with van der Waals surface area (Å²) >= 11 is 1.58. The summed E-state index contributed by atoms with van der Waals surface area (Å²) in [7, 11) is 3.21. The second kappa shape index (κ2) is 8.49. The van der Waals surface area contributed by atoms with Crippen LogP contribution >= 0.6 is 11.3 Å². The monoisotopic (exact) mass is 368 g/mol. The highest BCUT2D eigenvalue weighted by atomic mass is 32.1. The fourth-order valence-electron chi connectivity index (χ4n) is 2.54. The van der Waals surface area contributed by atoms with Crippen molar-refractivity contribution in [1.29, 1.82) is 0 Å². The molecule has 5 nitrogen and oxygen atoms in total. The van der Waals surface area contributed by atoms with Crippen LogP contribution in [0.5, 0.6) is 11.5 Å². The molecule has 1 amide bonds. The molecule has 1 N–H and O–H groups in total.